The number of carboxylic acid groups (broad SMARTS) is 1. The maximum absolute atomic E-state index is 12.8. The third-order valence-electron chi connectivity index (χ3n) is 3.48. The van der Waals surface area contributed by atoms with Gasteiger partial charge in [-0.1, -0.05) is 30.3 Å². The summed E-state index contributed by atoms with van der Waals surface area (Å²) in [5, 5.41) is 13.0. The molecule has 0 bridgehead atoms. The minimum absolute atomic E-state index is 0.0280. The van der Waals surface area contributed by atoms with Crippen LogP contribution in [0.2, 0.25) is 0 Å². The third kappa shape index (κ3) is 3.01. The third-order valence-corrected chi connectivity index (χ3v) is 3.48. The molecule has 1 aromatic heterocycles. The quantitative estimate of drug-likeness (QED) is 0.730. The molecule has 7 heteroatoms. The molecular formula is C17H11F3N2O2. The van der Waals surface area contributed by atoms with Crippen LogP contribution in [0.3, 0.4) is 0 Å². The van der Waals surface area contributed by atoms with Gasteiger partial charge in [0.2, 0.25) is 0 Å². The molecule has 0 aliphatic heterocycles. The molecule has 0 atom stereocenters. The largest absolute Gasteiger partial charge is 0.478 e. The van der Waals surface area contributed by atoms with E-state index in [4.69, 9.17) is 0 Å². The topological polar surface area (TPSA) is 62.2 Å². The second-order valence-electron chi connectivity index (χ2n) is 5.07. The second kappa shape index (κ2) is 5.84. The van der Waals surface area contributed by atoms with E-state index >= 15 is 0 Å². The van der Waals surface area contributed by atoms with Gasteiger partial charge in [0.05, 0.1) is 11.1 Å². The lowest BCUT2D eigenvalue weighted by Gasteiger charge is -2.12. The van der Waals surface area contributed by atoms with Gasteiger partial charge in [0.25, 0.3) is 0 Å². The molecule has 0 aliphatic rings. The highest BCUT2D eigenvalue weighted by Crippen LogP contribution is 2.32. The zero-order valence-electron chi connectivity index (χ0n) is 12.1. The van der Waals surface area contributed by atoms with E-state index in [1.165, 1.54) is 18.3 Å². The molecule has 0 unspecified atom stereocenters. The Hall–Kier alpha value is -3.09. The molecular weight excluding hydrogens is 321 g/mol. The number of aromatic nitrogens is 1. The molecule has 2 aromatic carbocycles. The summed E-state index contributed by atoms with van der Waals surface area (Å²) in [4.78, 5) is 15.3. The lowest BCUT2D eigenvalue weighted by molar-refractivity contribution is -0.137. The predicted octanol–water partition coefficient (Wildman–Crippen LogP) is 4.70. The van der Waals surface area contributed by atoms with Crippen LogP contribution in [0.1, 0.15) is 15.9 Å². The van der Waals surface area contributed by atoms with Crippen molar-refractivity contribution in [3.63, 3.8) is 0 Å². The Kier molecular flexibility index (Phi) is 3.84. The number of fused-ring (bicyclic) bond motifs is 1. The van der Waals surface area contributed by atoms with Gasteiger partial charge in [0.1, 0.15) is 5.82 Å². The number of carboxylic acids is 1. The molecule has 0 spiro atoms. The van der Waals surface area contributed by atoms with Crippen LogP contribution >= 0.6 is 0 Å². The van der Waals surface area contributed by atoms with E-state index in [0.717, 1.165) is 12.1 Å². The first kappa shape index (κ1) is 15.8. The number of hydrogen-bond donors (Lipinski definition) is 2. The molecule has 0 amide bonds. The van der Waals surface area contributed by atoms with E-state index in [0.29, 0.717) is 10.8 Å². The Morgan fingerprint density at radius 1 is 1.04 bits per heavy atom. The number of hydrogen-bond acceptors (Lipinski definition) is 3. The van der Waals surface area contributed by atoms with Crippen molar-refractivity contribution < 1.29 is 23.1 Å². The summed E-state index contributed by atoms with van der Waals surface area (Å²) in [6.45, 7) is 0. The van der Waals surface area contributed by atoms with Crippen LogP contribution in [0, 0.1) is 0 Å². The number of rotatable bonds is 3. The molecule has 0 saturated heterocycles. The minimum Gasteiger partial charge on any atom is -0.478 e. The molecule has 1 heterocycles. The Balaban J connectivity index is 2.06. The van der Waals surface area contributed by atoms with Crippen LogP contribution in [-0.4, -0.2) is 16.1 Å². The summed E-state index contributed by atoms with van der Waals surface area (Å²) in [6, 6.07) is 11.4. The van der Waals surface area contributed by atoms with Crippen molar-refractivity contribution in [2.75, 3.05) is 5.32 Å². The summed E-state index contributed by atoms with van der Waals surface area (Å²) >= 11 is 0. The zero-order chi connectivity index (χ0) is 17.3. The molecule has 4 nitrogen and oxygen atoms in total. The molecule has 0 radical (unpaired) electrons. The van der Waals surface area contributed by atoms with E-state index in [9.17, 15) is 23.1 Å². The molecule has 3 rings (SSSR count). The molecule has 0 saturated carbocycles. The minimum atomic E-state index is -4.44. The van der Waals surface area contributed by atoms with Gasteiger partial charge in [-0.3, -0.25) is 0 Å². The molecule has 24 heavy (non-hydrogen) atoms. The van der Waals surface area contributed by atoms with E-state index < -0.39 is 17.7 Å². The van der Waals surface area contributed by atoms with Gasteiger partial charge in [-0.15, -0.1) is 0 Å². The summed E-state index contributed by atoms with van der Waals surface area (Å²) in [7, 11) is 0. The molecule has 2 N–H and O–H groups in total. The van der Waals surface area contributed by atoms with E-state index in [1.54, 1.807) is 24.3 Å². The fraction of sp³-hybridized carbons (Fsp3) is 0.0588. The average Bonchev–Trinajstić information content (AvgIpc) is 2.54. The van der Waals surface area contributed by atoms with Crippen LogP contribution in [0.5, 0.6) is 0 Å². The maximum Gasteiger partial charge on any atom is 0.416 e. The summed E-state index contributed by atoms with van der Waals surface area (Å²) < 4.78 is 38.4. The average molecular weight is 332 g/mol. The van der Waals surface area contributed by atoms with E-state index in [1.807, 2.05) is 0 Å². The van der Waals surface area contributed by atoms with Gasteiger partial charge in [0.15, 0.2) is 0 Å². The normalized spacial score (nSPS) is 11.5. The molecule has 3 aromatic rings. The number of halogens is 3. The number of anilines is 2. The van der Waals surface area contributed by atoms with Crippen LogP contribution in [-0.2, 0) is 6.18 Å². The lowest BCUT2D eigenvalue weighted by atomic mass is 10.1. The smallest absolute Gasteiger partial charge is 0.416 e. The fourth-order valence-corrected chi connectivity index (χ4v) is 2.37. The Bertz CT molecular complexity index is 923. The number of aromatic carboxylic acids is 1. The van der Waals surface area contributed by atoms with Crippen molar-refractivity contribution in [1.82, 2.24) is 4.98 Å². The number of carbonyl (C=O) groups is 1. The summed E-state index contributed by atoms with van der Waals surface area (Å²) in [5.41, 5.74) is -0.537. The summed E-state index contributed by atoms with van der Waals surface area (Å²) in [6.07, 6.45) is -3.26. The lowest BCUT2D eigenvalue weighted by Crippen LogP contribution is -2.06. The van der Waals surface area contributed by atoms with Gasteiger partial charge in [0, 0.05) is 22.7 Å². The van der Waals surface area contributed by atoms with Crippen molar-refractivity contribution in [2.45, 2.75) is 6.18 Å². The van der Waals surface area contributed by atoms with Gasteiger partial charge < -0.3 is 10.4 Å². The Labute approximate surface area is 134 Å². The van der Waals surface area contributed by atoms with Crippen LogP contribution in [0.4, 0.5) is 24.7 Å². The highest BCUT2D eigenvalue weighted by Gasteiger charge is 2.30. The highest BCUT2D eigenvalue weighted by atomic mass is 19.4. The van der Waals surface area contributed by atoms with Gasteiger partial charge >= 0.3 is 12.1 Å². The zero-order valence-corrected chi connectivity index (χ0v) is 12.1. The fourth-order valence-electron chi connectivity index (χ4n) is 2.37. The van der Waals surface area contributed by atoms with Crippen LogP contribution in [0.15, 0.2) is 54.7 Å². The summed E-state index contributed by atoms with van der Waals surface area (Å²) in [5.74, 6) is -0.834. The monoisotopic (exact) mass is 332 g/mol. The molecule has 0 fully saturated rings. The predicted molar refractivity (Wildman–Crippen MR) is 83.4 cm³/mol. The Morgan fingerprint density at radius 3 is 2.42 bits per heavy atom. The SMILES string of the molecule is O=C(O)c1cnc(Nc2cccc(C(F)(F)F)c2)c2ccccc12. The number of nitrogens with one attached hydrogen (secondary N) is 1. The van der Waals surface area contributed by atoms with Gasteiger partial charge in [-0.05, 0) is 18.2 Å². The van der Waals surface area contributed by atoms with Crippen molar-refractivity contribution in [2.24, 2.45) is 0 Å². The van der Waals surface area contributed by atoms with E-state index in [2.05, 4.69) is 10.3 Å². The van der Waals surface area contributed by atoms with Crippen LogP contribution in [0.25, 0.3) is 10.8 Å². The van der Waals surface area contributed by atoms with Crippen molar-refractivity contribution in [3.05, 3.63) is 65.9 Å². The van der Waals surface area contributed by atoms with Crippen LogP contribution < -0.4 is 5.32 Å². The maximum atomic E-state index is 12.8. The van der Waals surface area contributed by atoms with Crippen molar-refractivity contribution >= 4 is 28.2 Å². The Morgan fingerprint density at radius 2 is 1.75 bits per heavy atom. The number of pyridine rings is 1. The molecule has 0 aliphatic carbocycles. The first-order valence-corrected chi connectivity index (χ1v) is 6.91. The van der Waals surface area contributed by atoms with E-state index in [-0.39, 0.29) is 17.1 Å². The van der Waals surface area contributed by atoms with Gasteiger partial charge in [-0.2, -0.15) is 13.2 Å². The van der Waals surface area contributed by atoms with Gasteiger partial charge in [-0.25, -0.2) is 9.78 Å². The van der Waals surface area contributed by atoms with Crippen molar-refractivity contribution in [1.29, 1.82) is 0 Å². The standard InChI is InChI=1S/C17H11F3N2O2/c18-17(19,20)10-4-3-5-11(8-10)22-15-13-7-2-1-6-12(13)14(9-21-15)16(23)24/h1-9H,(H,21,22)(H,23,24). The number of alkyl halides is 3. The number of nitrogens with zero attached hydrogens (tertiary/aromatic N) is 1. The van der Waals surface area contributed by atoms with Crippen molar-refractivity contribution in [3.8, 4) is 0 Å². The first-order valence-electron chi connectivity index (χ1n) is 6.91. The first-order chi connectivity index (χ1) is 11.4. The highest BCUT2D eigenvalue weighted by molar-refractivity contribution is 6.06. The number of benzene rings is 2. The molecule has 122 valence electrons. The second-order valence-corrected chi connectivity index (χ2v) is 5.07.